The fourth-order valence-corrected chi connectivity index (χ4v) is 3.60. The van der Waals surface area contributed by atoms with Gasteiger partial charge in [-0.2, -0.15) is 0 Å². The van der Waals surface area contributed by atoms with Crippen molar-refractivity contribution in [2.24, 2.45) is 0 Å². The predicted octanol–water partition coefficient (Wildman–Crippen LogP) is 1.90. The summed E-state index contributed by atoms with van der Waals surface area (Å²) in [5.41, 5.74) is 5.40. The molecule has 1 aromatic heterocycles. The molecule has 0 spiro atoms. The third-order valence-corrected chi connectivity index (χ3v) is 4.99. The lowest BCUT2D eigenvalue weighted by Gasteiger charge is -2.13. The fraction of sp³-hybridized carbons (Fsp3) is 0.182. The Hall–Kier alpha value is -1.51. The van der Waals surface area contributed by atoms with Crippen LogP contribution in [0.5, 0.6) is 0 Å². The summed E-state index contributed by atoms with van der Waals surface area (Å²) < 4.78 is 39.6. The minimum atomic E-state index is -3.81. The first-order valence-electron chi connectivity index (χ1n) is 5.37. The summed E-state index contributed by atoms with van der Waals surface area (Å²) in [6, 6.07) is 2.69. The topological polar surface area (TPSA) is 85.1 Å². The molecule has 0 saturated heterocycles. The maximum Gasteiger partial charge on any atom is 0.243 e. The molecule has 1 aromatic carbocycles. The van der Waals surface area contributed by atoms with E-state index in [-0.39, 0.29) is 10.6 Å². The van der Waals surface area contributed by atoms with Gasteiger partial charge in [0, 0.05) is 11.6 Å². The van der Waals surface area contributed by atoms with Crippen molar-refractivity contribution in [2.75, 3.05) is 5.73 Å². The van der Waals surface area contributed by atoms with Gasteiger partial charge in [0.25, 0.3) is 0 Å². The third-order valence-electron chi connectivity index (χ3n) is 2.42. The molecule has 0 fully saturated rings. The van der Waals surface area contributed by atoms with Gasteiger partial charge in [-0.1, -0.05) is 0 Å². The predicted molar refractivity (Wildman–Crippen MR) is 71.7 cm³/mol. The van der Waals surface area contributed by atoms with E-state index in [9.17, 15) is 12.8 Å². The number of nitrogens with zero attached hydrogens (tertiary/aromatic N) is 1. The lowest BCUT2D eigenvalue weighted by atomic mass is 10.3. The zero-order valence-electron chi connectivity index (χ0n) is 10.00. The summed E-state index contributed by atoms with van der Waals surface area (Å²) >= 11 is 1.34. The second kappa shape index (κ2) is 5.24. The maximum atomic E-state index is 12.9. The summed E-state index contributed by atoms with van der Waals surface area (Å²) in [6.45, 7) is 1.68. The van der Waals surface area contributed by atoms with Gasteiger partial charge in [0.15, 0.2) is 0 Å². The Morgan fingerprint density at radius 2 is 2.21 bits per heavy atom. The molecule has 0 bridgehead atoms. The van der Waals surface area contributed by atoms with E-state index < -0.39 is 21.9 Å². The number of rotatable bonds is 4. The Morgan fingerprint density at radius 3 is 2.79 bits per heavy atom. The number of aromatic nitrogens is 1. The van der Waals surface area contributed by atoms with Gasteiger partial charge in [0.05, 0.1) is 11.7 Å². The maximum absolute atomic E-state index is 12.9. The van der Waals surface area contributed by atoms with E-state index in [2.05, 4.69) is 9.71 Å². The number of thiazole rings is 1. The smallest absolute Gasteiger partial charge is 0.243 e. The number of halogens is 1. The number of nitrogens with two attached hydrogens (primary N) is 1. The lowest BCUT2D eigenvalue weighted by Crippen LogP contribution is -2.27. The van der Waals surface area contributed by atoms with Gasteiger partial charge >= 0.3 is 0 Å². The average Bonchev–Trinajstić information content (AvgIpc) is 2.80. The molecule has 2 rings (SSSR count). The van der Waals surface area contributed by atoms with Crippen LogP contribution in [-0.2, 0) is 10.0 Å². The highest BCUT2D eigenvalue weighted by molar-refractivity contribution is 7.89. The molecule has 0 aliphatic carbocycles. The van der Waals surface area contributed by atoms with Crippen LogP contribution in [0, 0.1) is 5.82 Å². The summed E-state index contributed by atoms with van der Waals surface area (Å²) in [5, 5.41) is 2.40. The van der Waals surface area contributed by atoms with Crippen LogP contribution >= 0.6 is 11.3 Å². The first-order chi connectivity index (χ1) is 8.90. The van der Waals surface area contributed by atoms with Gasteiger partial charge in [-0.25, -0.2) is 22.5 Å². The van der Waals surface area contributed by atoms with Crippen LogP contribution in [0.3, 0.4) is 0 Å². The van der Waals surface area contributed by atoms with Crippen molar-refractivity contribution < 1.29 is 12.8 Å². The normalized spacial score (nSPS) is 13.4. The number of hydrogen-bond donors (Lipinski definition) is 2. The molecule has 2 aromatic rings. The number of sulfonamides is 1. The lowest BCUT2D eigenvalue weighted by molar-refractivity contribution is 0.566. The number of benzene rings is 1. The molecule has 8 heteroatoms. The van der Waals surface area contributed by atoms with Crippen molar-refractivity contribution in [3.63, 3.8) is 0 Å². The van der Waals surface area contributed by atoms with Crippen LogP contribution in [0.2, 0.25) is 0 Å². The van der Waals surface area contributed by atoms with Gasteiger partial charge in [-0.15, -0.1) is 11.3 Å². The number of hydrogen-bond acceptors (Lipinski definition) is 5. The summed E-state index contributed by atoms with van der Waals surface area (Å²) in [4.78, 5) is 3.89. The number of anilines is 1. The fourth-order valence-electron chi connectivity index (χ4n) is 1.56. The second-order valence-electron chi connectivity index (χ2n) is 3.90. The Balaban J connectivity index is 2.28. The Labute approximate surface area is 114 Å². The van der Waals surface area contributed by atoms with Gasteiger partial charge in [0.2, 0.25) is 10.0 Å². The zero-order chi connectivity index (χ0) is 14.0. The molecule has 0 aliphatic heterocycles. The molecule has 19 heavy (non-hydrogen) atoms. The molecule has 1 unspecified atom stereocenters. The highest BCUT2D eigenvalue weighted by Gasteiger charge is 2.22. The Kier molecular flexibility index (Phi) is 3.83. The minimum Gasteiger partial charge on any atom is -0.398 e. The molecule has 5 nitrogen and oxygen atoms in total. The van der Waals surface area contributed by atoms with E-state index in [1.165, 1.54) is 11.3 Å². The Bertz CT molecular complexity index is 671. The zero-order valence-corrected chi connectivity index (χ0v) is 11.6. The minimum absolute atomic E-state index is 0.126. The van der Waals surface area contributed by atoms with Crippen LogP contribution in [0.25, 0.3) is 0 Å². The molecule has 0 radical (unpaired) electrons. The van der Waals surface area contributed by atoms with E-state index in [1.54, 1.807) is 18.5 Å². The van der Waals surface area contributed by atoms with Crippen LogP contribution in [-0.4, -0.2) is 13.4 Å². The van der Waals surface area contributed by atoms with E-state index in [1.807, 2.05) is 0 Å². The van der Waals surface area contributed by atoms with Crippen molar-refractivity contribution in [2.45, 2.75) is 17.9 Å². The molecule has 0 aliphatic rings. The standard InChI is InChI=1S/C11H12FN3O2S2/c1-7(11-14-4-5-18-11)15-19(16,17)10-3-2-8(12)6-9(10)13/h2-7,15H,13H2,1H3. The molecule has 3 N–H and O–H groups in total. The monoisotopic (exact) mass is 301 g/mol. The van der Waals surface area contributed by atoms with Gasteiger partial charge in [-0.3, -0.25) is 0 Å². The van der Waals surface area contributed by atoms with Crippen molar-refractivity contribution in [3.05, 3.63) is 40.6 Å². The summed E-state index contributed by atoms with van der Waals surface area (Å²) in [6.07, 6.45) is 1.59. The number of nitrogens with one attached hydrogen (secondary N) is 1. The molecule has 1 atom stereocenters. The Morgan fingerprint density at radius 1 is 1.47 bits per heavy atom. The molecular weight excluding hydrogens is 289 g/mol. The van der Waals surface area contributed by atoms with E-state index in [0.717, 1.165) is 18.2 Å². The van der Waals surface area contributed by atoms with Gasteiger partial charge in [-0.05, 0) is 25.1 Å². The first-order valence-corrected chi connectivity index (χ1v) is 7.73. The summed E-state index contributed by atoms with van der Waals surface area (Å²) in [7, 11) is -3.81. The van der Waals surface area contributed by atoms with Crippen LogP contribution < -0.4 is 10.5 Å². The summed E-state index contributed by atoms with van der Waals surface area (Å²) in [5.74, 6) is -0.579. The first kappa shape index (κ1) is 13.9. The highest BCUT2D eigenvalue weighted by atomic mass is 32.2. The van der Waals surface area contributed by atoms with E-state index >= 15 is 0 Å². The third kappa shape index (κ3) is 3.09. The molecule has 1 heterocycles. The average molecular weight is 301 g/mol. The molecule has 0 saturated carbocycles. The van der Waals surface area contributed by atoms with Crippen LogP contribution in [0.1, 0.15) is 18.0 Å². The number of nitrogen functional groups attached to an aromatic ring is 1. The molecule has 102 valence electrons. The second-order valence-corrected chi connectivity index (χ2v) is 6.50. The quantitative estimate of drug-likeness (QED) is 0.845. The van der Waals surface area contributed by atoms with Gasteiger partial charge in [0.1, 0.15) is 15.7 Å². The van der Waals surface area contributed by atoms with Crippen molar-refractivity contribution in [1.82, 2.24) is 9.71 Å². The largest absolute Gasteiger partial charge is 0.398 e. The highest BCUT2D eigenvalue weighted by Crippen LogP contribution is 2.22. The van der Waals surface area contributed by atoms with E-state index in [0.29, 0.717) is 5.01 Å². The molecule has 0 amide bonds. The van der Waals surface area contributed by atoms with Crippen LogP contribution in [0.4, 0.5) is 10.1 Å². The van der Waals surface area contributed by atoms with Crippen molar-refractivity contribution in [1.29, 1.82) is 0 Å². The van der Waals surface area contributed by atoms with Crippen molar-refractivity contribution >= 4 is 27.0 Å². The van der Waals surface area contributed by atoms with E-state index in [4.69, 9.17) is 5.73 Å². The molecular formula is C11H12FN3O2S2. The van der Waals surface area contributed by atoms with Gasteiger partial charge < -0.3 is 5.73 Å². The van der Waals surface area contributed by atoms with Crippen LogP contribution in [0.15, 0.2) is 34.7 Å². The van der Waals surface area contributed by atoms with Crippen molar-refractivity contribution in [3.8, 4) is 0 Å². The SMILES string of the molecule is CC(NS(=O)(=O)c1ccc(F)cc1N)c1nccs1.